The number of nitrogens with one attached hydrogen (secondary N) is 1. The van der Waals surface area contributed by atoms with Gasteiger partial charge in [-0.15, -0.1) is 0 Å². The molecule has 3 rings (SSSR count). The molecule has 142 valence electrons. The van der Waals surface area contributed by atoms with Gasteiger partial charge in [0.2, 0.25) is 5.88 Å². The van der Waals surface area contributed by atoms with Crippen molar-refractivity contribution in [1.29, 1.82) is 0 Å². The van der Waals surface area contributed by atoms with Crippen molar-refractivity contribution in [2.75, 3.05) is 27.9 Å². The van der Waals surface area contributed by atoms with Crippen LogP contribution in [-0.4, -0.2) is 43.6 Å². The van der Waals surface area contributed by atoms with E-state index in [0.29, 0.717) is 35.9 Å². The third-order valence-corrected chi connectivity index (χ3v) is 4.38. The molecule has 0 fully saturated rings. The van der Waals surface area contributed by atoms with Crippen molar-refractivity contribution in [2.24, 2.45) is 7.05 Å². The molecule has 0 saturated carbocycles. The van der Waals surface area contributed by atoms with E-state index in [-0.39, 0.29) is 5.91 Å². The number of aryl methyl sites for hydroxylation is 1. The predicted molar refractivity (Wildman–Crippen MR) is 103 cm³/mol. The van der Waals surface area contributed by atoms with E-state index >= 15 is 0 Å². The van der Waals surface area contributed by atoms with Crippen molar-refractivity contribution in [1.82, 2.24) is 15.1 Å². The Kier molecular flexibility index (Phi) is 5.49. The molecular weight excluding hydrogens is 346 g/mol. The molecule has 0 saturated heterocycles. The first kappa shape index (κ1) is 18.6. The van der Waals surface area contributed by atoms with Gasteiger partial charge in [0.05, 0.1) is 32.2 Å². The van der Waals surface area contributed by atoms with Crippen molar-refractivity contribution in [3.63, 3.8) is 0 Å². The highest BCUT2D eigenvalue weighted by Gasteiger charge is 2.13. The summed E-state index contributed by atoms with van der Waals surface area (Å²) in [5, 5.41) is 8.19. The number of methoxy groups -OCH3 is 3. The lowest BCUT2D eigenvalue weighted by molar-refractivity contribution is 0.0954. The summed E-state index contributed by atoms with van der Waals surface area (Å²) in [4.78, 5) is 12.4. The zero-order chi connectivity index (χ0) is 19.4. The van der Waals surface area contributed by atoms with E-state index in [9.17, 15) is 4.79 Å². The number of carbonyl (C=O) groups is 1. The highest BCUT2D eigenvalue weighted by Crippen LogP contribution is 2.28. The number of rotatable bonds is 7. The SMILES string of the molecule is COc1ccc(CCNC(=O)c2ccc3c(OC)n(C)nc3c2)cc1OC. The van der Waals surface area contributed by atoms with Gasteiger partial charge < -0.3 is 19.5 Å². The zero-order valence-corrected chi connectivity index (χ0v) is 15.9. The summed E-state index contributed by atoms with van der Waals surface area (Å²) < 4.78 is 17.5. The Hall–Kier alpha value is -3.22. The first-order valence-corrected chi connectivity index (χ1v) is 8.57. The van der Waals surface area contributed by atoms with E-state index in [0.717, 1.165) is 16.5 Å². The third kappa shape index (κ3) is 3.81. The predicted octanol–water partition coefficient (Wildman–Crippen LogP) is 2.57. The Labute approximate surface area is 157 Å². The van der Waals surface area contributed by atoms with Crippen LogP contribution in [0.25, 0.3) is 10.9 Å². The molecule has 27 heavy (non-hydrogen) atoms. The first-order valence-electron chi connectivity index (χ1n) is 8.57. The molecule has 7 heteroatoms. The van der Waals surface area contributed by atoms with E-state index in [1.807, 2.05) is 31.3 Å². The lowest BCUT2D eigenvalue weighted by Gasteiger charge is -2.10. The minimum absolute atomic E-state index is 0.137. The fraction of sp³-hybridized carbons (Fsp3) is 0.300. The van der Waals surface area contributed by atoms with Gasteiger partial charge in [0.1, 0.15) is 0 Å². The number of carbonyl (C=O) groups excluding carboxylic acids is 1. The van der Waals surface area contributed by atoms with Crippen LogP contribution in [0.1, 0.15) is 15.9 Å². The monoisotopic (exact) mass is 369 g/mol. The summed E-state index contributed by atoms with van der Waals surface area (Å²) in [7, 11) is 6.62. The van der Waals surface area contributed by atoms with Crippen LogP contribution < -0.4 is 19.5 Å². The van der Waals surface area contributed by atoms with Gasteiger partial charge >= 0.3 is 0 Å². The normalized spacial score (nSPS) is 10.7. The standard InChI is InChI=1S/C20H23N3O4/c1-23-20(27-4)15-7-6-14(12-16(15)22-23)19(24)21-10-9-13-5-8-17(25-2)18(11-13)26-3/h5-8,11-12H,9-10H2,1-4H3,(H,21,24). The fourth-order valence-electron chi connectivity index (χ4n) is 3.02. The van der Waals surface area contributed by atoms with Gasteiger partial charge in [-0.1, -0.05) is 6.07 Å². The number of ether oxygens (including phenoxy) is 3. The van der Waals surface area contributed by atoms with E-state index in [1.165, 1.54) is 0 Å². The lowest BCUT2D eigenvalue weighted by Crippen LogP contribution is -2.25. The van der Waals surface area contributed by atoms with Gasteiger partial charge in [0, 0.05) is 19.2 Å². The minimum Gasteiger partial charge on any atom is -0.493 e. The number of hydrogen-bond acceptors (Lipinski definition) is 5. The molecule has 0 radical (unpaired) electrons. The molecule has 0 atom stereocenters. The summed E-state index contributed by atoms with van der Waals surface area (Å²) in [5.41, 5.74) is 2.34. The van der Waals surface area contributed by atoms with Crippen molar-refractivity contribution in [2.45, 2.75) is 6.42 Å². The summed E-state index contributed by atoms with van der Waals surface area (Å²) >= 11 is 0. The zero-order valence-electron chi connectivity index (χ0n) is 15.9. The molecule has 0 unspecified atom stereocenters. The maximum absolute atomic E-state index is 12.4. The molecule has 0 aliphatic carbocycles. The van der Waals surface area contributed by atoms with Gasteiger partial charge in [-0.3, -0.25) is 4.79 Å². The quantitative estimate of drug-likeness (QED) is 0.693. The molecular formula is C20H23N3O4. The molecule has 1 amide bonds. The Morgan fingerprint density at radius 1 is 1.04 bits per heavy atom. The third-order valence-electron chi connectivity index (χ3n) is 4.38. The number of hydrogen-bond donors (Lipinski definition) is 1. The average molecular weight is 369 g/mol. The molecule has 0 aliphatic rings. The molecule has 7 nitrogen and oxygen atoms in total. The molecule has 0 aliphatic heterocycles. The van der Waals surface area contributed by atoms with Crippen LogP contribution in [0, 0.1) is 0 Å². The Morgan fingerprint density at radius 3 is 2.52 bits per heavy atom. The summed E-state index contributed by atoms with van der Waals surface area (Å²) in [5.74, 6) is 1.90. The fourth-order valence-corrected chi connectivity index (χ4v) is 3.02. The number of amides is 1. The largest absolute Gasteiger partial charge is 0.493 e. The smallest absolute Gasteiger partial charge is 0.251 e. The van der Waals surface area contributed by atoms with Crippen LogP contribution in [0.2, 0.25) is 0 Å². The molecule has 3 aromatic rings. The maximum atomic E-state index is 12.4. The Balaban J connectivity index is 1.65. The van der Waals surface area contributed by atoms with E-state index in [4.69, 9.17) is 14.2 Å². The van der Waals surface area contributed by atoms with Gasteiger partial charge in [-0.25, -0.2) is 4.68 Å². The number of nitrogens with zero attached hydrogens (tertiary/aromatic N) is 2. The van der Waals surface area contributed by atoms with Crippen molar-refractivity contribution in [3.05, 3.63) is 47.5 Å². The molecule has 0 bridgehead atoms. The van der Waals surface area contributed by atoms with Crippen LogP contribution in [0.3, 0.4) is 0 Å². The van der Waals surface area contributed by atoms with Crippen molar-refractivity contribution >= 4 is 16.8 Å². The molecule has 1 aromatic heterocycles. The topological polar surface area (TPSA) is 74.6 Å². The highest BCUT2D eigenvalue weighted by atomic mass is 16.5. The number of benzene rings is 2. The summed E-state index contributed by atoms with van der Waals surface area (Å²) in [6, 6.07) is 11.1. The second-order valence-electron chi connectivity index (χ2n) is 6.06. The minimum atomic E-state index is -0.137. The van der Waals surface area contributed by atoms with Crippen molar-refractivity contribution in [3.8, 4) is 17.4 Å². The molecule has 0 spiro atoms. The lowest BCUT2D eigenvalue weighted by atomic mass is 10.1. The van der Waals surface area contributed by atoms with Gasteiger partial charge in [0.25, 0.3) is 5.91 Å². The first-order chi connectivity index (χ1) is 13.1. The van der Waals surface area contributed by atoms with E-state index in [2.05, 4.69) is 10.4 Å². The average Bonchev–Trinajstić information content (AvgIpc) is 3.01. The Morgan fingerprint density at radius 2 is 1.81 bits per heavy atom. The van der Waals surface area contributed by atoms with E-state index < -0.39 is 0 Å². The van der Waals surface area contributed by atoms with Crippen LogP contribution in [0.5, 0.6) is 17.4 Å². The molecule has 1 heterocycles. The number of aromatic nitrogens is 2. The van der Waals surface area contributed by atoms with Crippen LogP contribution >= 0.6 is 0 Å². The second kappa shape index (κ2) is 7.99. The second-order valence-corrected chi connectivity index (χ2v) is 6.06. The van der Waals surface area contributed by atoms with Gasteiger partial charge in [-0.2, -0.15) is 5.10 Å². The molecule has 2 aromatic carbocycles. The van der Waals surface area contributed by atoms with Crippen LogP contribution in [0.4, 0.5) is 0 Å². The molecule has 1 N–H and O–H groups in total. The van der Waals surface area contributed by atoms with Gasteiger partial charge in [0.15, 0.2) is 11.5 Å². The van der Waals surface area contributed by atoms with Crippen molar-refractivity contribution < 1.29 is 19.0 Å². The number of fused-ring (bicyclic) bond motifs is 1. The Bertz CT molecular complexity index is 965. The highest BCUT2D eigenvalue weighted by molar-refractivity contribution is 5.98. The van der Waals surface area contributed by atoms with Crippen LogP contribution in [0.15, 0.2) is 36.4 Å². The van der Waals surface area contributed by atoms with E-state index in [1.54, 1.807) is 38.1 Å². The summed E-state index contributed by atoms with van der Waals surface area (Å²) in [6.07, 6.45) is 0.686. The maximum Gasteiger partial charge on any atom is 0.251 e. The van der Waals surface area contributed by atoms with Gasteiger partial charge in [-0.05, 0) is 42.3 Å². The summed E-state index contributed by atoms with van der Waals surface area (Å²) in [6.45, 7) is 0.512. The van der Waals surface area contributed by atoms with Crippen LogP contribution in [-0.2, 0) is 13.5 Å².